The maximum absolute atomic E-state index is 13.6. The average Bonchev–Trinajstić information content (AvgIpc) is 2.77. The summed E-state index contributed by atoms with van der Waals surface area (Å²) < 4.78 is 13.6. The third kappa shape index (κ3) is 2.13. The molecule has 0 saturated carbocycles. The molecule has 1 amide bonds. The molecular weight excluding hydrogens is 239 g/mol. The van der Waals surface area contributed by atoms with E-state index in [1.165, 1.54) is 17.0 Å². The van der Waals surface area contributed by atoms with E-state index in [2.05, 4.69) is 0 Å². The summed E-state index contributed by atoms with van der Waals surface area (Å²) in [6.07, 6.45) is 1.01. The van der Waals surface area contributed by atoms with Crippen LogP contribution in [0.4, 0.5) is 10.1 Å². The van der Waals surface area contributed by atoms with E-state index in [1.807, 2.05) is 0 Å². The fraction of sp³-hybridized carbons (Fsp3) is 0.333. The molecule has 0 spiro atoms. The van der Waals surface area contributed by atoms with Crippen molar-refractivity contribution < 1.29 is 19.1 Å². The normalized spacial score (nSPS) is 18.9. The van der Waals surface area contributed by atoms with Gasteiger partial charge in [-0.1, -0.05) is 0 Å². The minimum atomic E-state index is -1.06. The van der Waals surface area contributed by atoms with E-state index in [0.717, 1.165) is 6.07 Å². The van der Waals surface area contributed by atoms with E-state index >= 15 is 0 Å². The lowest BCUT2D eigenvalue weighted by molar-refractivity contribution is -0.141. The molecule has 3 N–H and O–H groups in total. The Kier molecular flexibility index (Phi) is 3.18. The van der Waals surface area contributed by atoms with Crippen LogP contribution in [0.25, 0.3) is 0 Å². The van der Waals surface area contributed by atoms with Crippen LogP contribution in [0.1, 0.15) is 23.2 Å². The first-order valence-electron chi connectivity index (χ1n) is 5.59. The fourth-order valence-electron chi connectivity index (χ4n) is 2.13. The van der Waals surface area contributed by atoms with Gasteiger partial charge in [0, 0.05) is 12.2 Å². The van der Waals surface area contributed by atoms with Crippen molar-refractivity contribution in [2.24, 2.45) is 0 Å². The maximum Gasteiger partial charge on any atom is 0.326 e. The number of anilines is 1. The zero-order chi connectivity index (χ0) is 13.3. The molecule has 2 rings (SSSR count). The number of aliphatic carboxylic acids is 1. The molecular formula is C12H13FN2O3. The van der Waals surface area contributed by atoms with Crippen molar-refractivity contribution in [1.29, 1.82) is 0 Å². The summed E-state index contributed by atoms with van der Waals surface area (Å²) >= 11 is 0. The lowest BCUT2D eigenvalue weighted by atomic mass is 10.1. The summed E-state index contributed by atoms with van der Waals surface area (Å²) in [7, 11) is 0. The number of benzene rings is 1. The third-order valence-electron chi connectivity index (χ3n) is 3.02. The van der Waals surface area contributed by atoms with E-state index in [1.54, 1.807) is 0 Å². The van der Waals surface area contributed by atoms with E-state index in [9.17, 15) is 14.0 Å². The minimum absolute atomic E-state index is 0.141. The zero-order valence-electron chi connectivity index (χ0n) is 9.60. The first kappa shape index (κ1) is 12.3. The van der Waals surface area contributed by atoms with Crippen molar-refractivity contribution in [3.05, 3.63) is 29.6 Å². The molecule has 1 aromatic rings. The number of nitrogens with zero attached hydrogens (tertiary/aromatic N) is 1. The second-order valence-corrected chi connectivity index (χ2v) is 4.23. The summed E-state index contributed by atoms with van der Waals surface area (Å²) in [5, 5.41) is 8.99. The van der Waals surface area contributed by atoms with Crippen LogP contribution < -0.4 is 5.73 Å². The molecule has 0 aliphatic carbocycles. The highest BCUT2D eigenvalue weighted by atomic mass is 19.1. The highest BCUT2D eigenvalue weighted by Crippen LogP contribution is 2.22. The summed E-state index contributed by atoms with van der Waals surface area (Å²) in [5.74, 6) is -2.38. The zero-order valence-corrected chi connectivity index (χ0v) is 9.60. The van der Waals surface area contributed by atoms with Crippen molar-refractivity contribution in [2.45, 2.75) is 18.9 Å². The first-order valence-corrected chi connectivity index (χ1v) is 5.59. The van der Waals surface area contributed by atoms with Gasteiger partial charge in [-0.3, -0.25) is 4.79 Å². The van der Waals surface area contributed by atoms with Crippen LogP contribution in [0, 0.1) is 5.82 Å². The van der Waals surface area contributed by atoms with Crippen LogP contribution >= 0.6 is 0 Å². The largest absolute Gasteiger partial charge is 0.480 e. The number of rotatable bonds is 2. The van der Waals surface area contributed by atoms with Crippen LogP contribution in [0.15, 0.2) is 18.2 Å². The Hall–Kier alpha value is -2.11. The Morgan fingerprint density at radius 1 is 1.44 bits per heavy atom. The van der Waals surface area contributed by atoms with Crippen molar-refractivity contribution in [1.82, 2.24) is 4.90 Å². The van der Waals surface area contributed by atoms with Crippen LogP contribution in [0.2, 0.25) is 0 Å². The van der Waals surface area contributed by atoms with Gasteiger partial charge in [-0.15, -0.1) is 0 Å². The standard InChI is InChI=1S/C12H13FN2O3/c13-9-6-7(14)3-4-8(9)11(16)15-5-1-2-10(15)12(17)18/h3-4,6,10H,1-2,5,14H2,(H,17,18). The lowest BCUT2D eigenvalue weighted by Gasteiger charge is -2.21. The van der Waals surface area contributed by atoms with Gasteiger partial charge in [0.05, 0.1) is 5.56 Å². The van der Waals surface area contributed by atoms with Crippen LogP contribution in [-0.2, 0) is 4.79 Å². The fourth-order valence-corrected chi connectivity index (χ4v) is 2.13. The molecule has 1 unspecified atom stereocenters. The Bertz CT molecular complexity index is 504. The highest BCUT2D eigenvalue weighted by Gasteiger charge is 2.35. The van der Waals surface area contributed by atoms with Gasteiger partial charge < -0.3 is 15.7 Å². The van der Waals surface area contributed by atoms with Crippen molar-refractivity contribution in [2.75, 3.05) is 12.3 Å². The number of carbonyl (C=O) groups excluding carboxylic acids is 1. The van der Waals surface area contributed by atoms with Crippen molar-refractivity contribution in [3.63, 3.8) is 0 Å². The maximum atomic E-state index is 13.6. The molecule has 1 aromatic carbocycles. The lowest BCUT2D eigenvalue weighted by Crippen LogP contribution is -2.40. The van der Waals surface area contributed by atoms with Gasteiger partial charge in [0.1, 0.15) is 11.9 Å². The van der Waals surface area contributed by atoms with Crippen LogP contribution in [-0.4, -0.2) is 34.5 Å². The topological polar surface area (TPSA) is 83.6 Å². The smallest absolute Gasteiger partial charge is 0.326 e. The molecule has 96 valence electrons. The number of nitrogen functional groups attached to an aromatic ring is 1. The summed E-state index contributed by atoms with van der Waals surface area (Å²) in [6, 6.07) is 2.89. The average molecular weight is 252 g/mol. The minimum Gasteiger partial charge on any atom is -0.480 e. The molecule has 1 atom stereocenters. The number of nitrogens with two attached hydrogens (primary N) is 1. The molecule has 0 radical (unpaired) electrons. The number of carbonyl (C=O) groups is 2. The Balaban J connectivity index is 2.28. The predicted octanol–water partition coefficient (Wildman–Crippen LogP) is 1.10. The number of hydrogen-bond acceptors (Lipinski definition) is 3. The Morgan fingerprint density at radius 2 is 2.17 bits per heavy atom. The van der Waals surface area contributed by atoms with E-state index in [-0.39, 0.29) is 11.3 Å². The summed E-state index contributed by atoms with van der Waals surface area (Å²) in [4.78, 5) is 24.2. The molecule has 1 saturated heterocycles. The molecule has 5 nitrogen and oxygen atoms in total. The molecule has 1 aliphatic heterocycles. The number of amides is 1. The number of likely N-dealkylation sites (tertiary alicyclic amines) is 1. The van der Waals surface area contributed by atoms with Gasteiger partial charge in [-0.25, -0.2) is 9.18 Å². The molecule has 0 aromatic heterocycles. The van der Waals surface area contributed by atoms with E-state index < -0.39 is 23.7 Å². The first-order chi connectivity index (χ1) is 8.50. The van der Waals surface area contributed by atoms with Crippen LogP contribution in [0.3, 0.4) is 0 Å². The predicted molar refractivity (Wildman–Crippen MR) is 62.5 cm³/mol. The quantitative estimate of drug-likeness (QED) is 0.772. The number of carboxylic acids is 1. The van der Waals surface area contributed by atoms with Crippen molar-refractivity contribution in [3.8, 4) is 0 Å². The molecule has 0 bridgehead atoms. The van der Waals surface area contributed by atoms with E-state index in [0.29, 0.717) is 19.4 Å². The van der Waals surface area contributed by atoms with Gasteiger partial charge in [-0.2, -0.15) is 0 Å². The van der Waals surface area contributed by atoms with Gasteiger partial charge >= 0.3 is 5.97 Å². The second kappa shape index (κ2) is 4.64. The summed E-state index contributed by atoms with van der Waals surface area (Å²) in [6.45, 7) is 0.333. The van der Waals surface area contributed by atoms with Crippen LogP contribution in [0.5, 0.6) is 0 Å². The molecule has 18 heavy (non-hydrogen) atoms. The van der Waals surface area contributed by atoms with Crippen molar-refractivity contribution >= 4 is 17.6 Å². The second-order valence-electron chi connectivity index (χ2n) is 4.23. The van der Waals surface area contributed by atoms with E-state index in [4.69, 9.17) is 10.8 Å². The number of halogens is 1. The molecule has 1 aliphatic rings. The molecule has 1 fully saturated rings. The highest BCUT2D eigenvalue weighted by molar-refractivity contribution is 5.97. The van der Waals surface area contributed by atoms with Gasteiger partial charge in [0.25, 0.3) is 5.91 Å². The number of carboxylic acid groups (broad SMARTS) is 1. The van der Waals surface area contributed by atoms with Gasteiger partial charge in [0.15, 0.2) is 0 Å². The third-order valence-corrected chi connectivity index (χ3v) is 3.02. The Labute approximate surface area is 103 Å². The SMILES string of the molecule is Nc1ccc(C(=O)N2CCCC2C(=O)O)c(F)c1. The van der Waals surface area contributed by atoms with Gasteiger partial charge in [-0.05, 0) is 31.0 Å². The Morgan fingerprint density at radius 3 is 2.78 bits per heavy atom. The molecule has 6 heteroatoms. The monoisotopic (exact) mass is 252 g/mol. The summed E-state index contributed by atoms with van der Waals surface area (Å²) in [5.41, 5.74) is 5.48. The number of hydrogen-bond donors (Lipinski definition) is 2. The molecule has 1 heterocycles. The van der Waals surface area contributed by atoms with Gasteiger partial charge in [0.2, 0.25) is 0 Å².